The molecule has 0 radical (unpaired) electrons. The number of hydrogen-bond donors (Lipinski definition) is 2. The molecule has 1 aromatic rings. The van der Waals surface area contributed by atoms with E-state index >= 15 is 0 Å². The Balaban J connectivity index is 0.00000484. The normalized spacial score (nSPS) is 12.3. The highest BCUT2D eigenvalue weighted by Gasteiger charge is 2.26. The SMILES string of the molecule is CC(C)(C)[C@H](N)C(=O)NCCCCOCCc1ccccc1.Cl. The molecule has 0 spiro atoms. The predicted molar refractivity (Wildman–Crippen MR) is 97.9 cm³/mol. The number of carbonyl (C=O) groups is 1. The first-order valence-electron chi connectivity index (χ1n) is 8.06. The summed E-state index contributed by atoms with van der Waals surface area (Å²) in [4.78, 5) is 11.8. The first-order chi connectivity index (χ1) is 10.4. The Labute approximate surface area is 146 Å². The van der Waals surface area contributed by atoms with Crippen LogP contribution in [0.4, 0.5) is 0 Å². The van der Waals surface area contributed by atoms with Crippen molar-refractivity contribution in [3.05, 3.63) is 35.9 Å². The minimum atomic E-state index is -0.463. The number of benzene rings is 1. The molecule has 3 N–H and O–H groups in total. The zero-order valence-corrected chi connectivity index (χ0v) is 15.3. The van der Waals surface area contributed by atoms with Gasteiger partial charge in [0.05, 0.1) is 12.6 Å². The fourth-order valence-corrected chi connectivity index (χ4v) is 1.98. The van der Waals surface area contributed by atoms with Crippen LogP contribution in [-0.4, -0.2) is 31.7 Å². The van der Waals surface area contributed by atoms with Gasteiger partial charge in [-0.25, -0.2) is 0 Å². The van der Waals surface area contributed by atoms with Crippen LogP contribution in [0, 0.1) is 5.41 Å². The number of hydrogen-bond acceptors (Lipinski definition) is 3. The molecule has 1 amide bonds. The van der Waals surface area contributed by atoms with Crippen molar-refractivity contribution in [2.75, 3.05) is 19.8 Å². The van der Waals surface area contributed by atoms with Gasteiger partial charge in [0, 0.05) is 13.2 Å². The molecule has 0 heterocycles. The largest absolute Gasteiger partial charge is 0.381 e. The Morgan fingerprint density at radius 2 is 1.83 bits per heavy atom. The predicted octanol–water partition coefficient (Wildman–Crippen LogP) is 2.94. The summed E-state index contributed by atoms with van der Waals surface area (Å²) in [6, 6.07) is 9.86. The molecule has 1 atom stereocenters. The van der Waals surface area contributed by atoms with Gasteiger partial charge in [-0.2, -0.15) is 0 Å². The summed E-state index contributed by atoms with van der Waals surface area (Å²) in [7, 11) is 0. The Bertz CT molecular complexity index is 432. The summed E-state index contributed by atoms with van der Waals surface area (Å²) >= 11 is 0. The first kappa shape index (κ1) is 21.9. The fraction of sp³-hybridized carbons (Fsp3) is 0.611. The van der Waals surface area contributed by atoms with Crippen LogP contribution in [0.15, 0.2) is 30.3 Å². The number of nitrogens with two attached hydrogens (primary N) is 1. The summed E-state index contributed by atoms with van der Waals surface area (Å²) in [5.41, 5.74) is 6.99. The Morgan fingerprint density at radius 3 is 2.43 bits per heavy atom. The fourth-order valence-electron chi connectivity index (χ4n) is 1.98. The van der Waals surface area contributed by atoms with Crippen molar-refractivity contribution in [2.24, 2.45) is 11.1 Å². The number of unbranched alkanes of at least 4 members (excludes halogenated alkanes) is 1. The Morgan fingerprint density at radius 1 is 1.17 bits per heavy atom. The highest BCUT2D eigenvalue weighted by atomic mass is 35.5. The summed E-state index contributed by atoms with van der Waals surface area (Å²) in [5, 5.41) is 2.89. The smallest absolute Gasteiger partial charge is 0.237 e. The van der Waals surface area contributed by atoms with Crippen molar-refractivity contribution >= 4 is 18.3 Å². The molecule has 0 bridgehead atoms. The van der Waals surface area contributed by atoms with E-state index in [-0.39, 0.29) is 23.7 Å². The van der Waals surface area contributed by atoms with Crippen LogP contribution < -0.4 is 11.1 Å². The summed E-state index contributed by atoms with van der Waals surface area (Å²) < 4.78 is 5.61. The standard InChI is InChI=1S/C18H30N2O2.ClH/c1-18(2,3)16(19)17(21)20-12-7-8-13-22-14-11-15-9-5-4-6-10-15;/h4-6,9-10,16H,7-8,11-14,19H2,1-3H3,(H,20,21);1H/t16-;/m1./s1. The molecule has 1 aromatic carbocycles. The minimum absolute atomic E-state index is 0. The molecule has 0 unspecified atom stereocenters. The zero-order valence-electron chi connectivity index (χ0n) is 14.5. The van der Waals surface area contributed by atoms with Gasteiger partial charge in [0.1, 0.15) is 0 Å². The number of halogens is 1. The van der Waals surface area contributed by atoms with Crippen LogP contribution in [0.2, 0.25) is 0 Å². The van der Waals surface area contributed by atoms with E-state index in [1.807, 2.05) is 39.0 Å². The van der Waals surface area contributed by atoms with Gasteiger partial charge in [-0.15, -0.1) is 12.4 Å². The first-order valence-corrected chi connectivity index (χ1v) is 8.06. The molecule has 0 aliphatic heterocycles. The van der Waals surface area contributed by atoms with Crippen molar-refractivity contribution < 1.29 is 9.53 Å². The average Bonchev–Trinajstić information content (AvgIpc) is 2.49. The van der Waals surface area contributed by atoms with Crippen LogP contribution in [0.3, 0.4) is 0 Å². The van der Waals surface area contributed by atoms with Gasteiger partial charge >= 0.3 is 0 Å². The second-order valence-electron chi connectivity index (χ2n) is 6.69. The third-order valence-corrected chi connectivity index (χ3v) is 3.61. The van der Waals surface area contributed by atoms with Gasteiger partial charge in [0.15, 0.2) is 0 Å². The number of amides is 1. The van der Waals surface area contributed by atoms with Crippen molar-refractivity contribution in [2.45, 2.75) is 46.1 Å². The monoisotopic (exact) mass is 342 g/mol. The summed E-state index contributed by atoms with van der Waals surface area (Å²) in [5.74, 6) is -0.0718. The Hall–Kier alpha value is -1.10. The second kappa shape index (κ2) is 11.4. The van der Waals surface area contributed by atoms with E-state index in [2.05, 4.69) is 17.4 Å². The average molecular weight is 343 g/mol. The molecule has 0 aliphatic carbocycles. The number of ether oxygens (including phenoxy) is 1. The summed E-state index contributed by atoms with van der Waals surface area (Å²) in [6.45, 7) is 8.04. The molecular weight excluding hydrogens is 312 g/mol. The molecule has 1 rings (SSSR count). The van der Waals surface area contributed by atoms with Crippen molar-refractivity contribution in [1.29, 1.82) is 0 Å². The lowest BCUT2D eigenvalue weighted by Crippen LogP contribution is -2.48. The molecule has 0 saturated carbocycles. The van der Waals surface area contributed by atoms with Gasteiger partial charge < -0.3 is 15.8 Å². The van der Waals surface area contributed by atoms with Crippen LogP contribution in [0.5, 0.6) is 0 Å². The highest BCUT2D eigenvalue weighted by Crippen LogP contribution is 2.17. The lowest BCUT2D eigenvalue weighted by atomic mass is 9.87. The van der Waals surface area contributed by atoms with E-state index in [1.165, 1.54) is 5.56 Å². The van der Waals surface area contributed by atoms with E-state index in [4.69, 9.17) is 10.5 Å². The molecule has 0 saturated heterocycles. The maximum absolute atomic E-state index is 11.8. The van der Waals surface area contributed by atoms with Crippen molar-refractivity contribution in [3.63, 3.8) is 0 Å². The van der Waals surface area contributed by atoms with Gasteiger partial charge in [0.2, 0.25) is 5.91 Å². The minimum Gasteiger partial charge on any atom is -0.381 e. The van der Waals surface area contributed by atoms with E-state index in [9.17, 15) is 4.79 Å². The maximum Gasteiger partial charge on any atom is 0.237 e. The molecule has 4 nitrogen and oxygen atoms in total. The number of rotatable bonds is 9. The van der Waals surface area contributed by atoms with E-state index < -0.39 is 6.04 Å². The molecule has 0 aliphatic rings. The van der Waals surface area contributed by atoms with Crippen LogP contribution in [-0.2, 0) is 16.0 Å². The summed E-state index contributed by atoms with van der Waals surface area (Å²) in [6.07, 6.45) is 2.80. The molecule has 5 heteroatoms. The van der Waals surface area contributed by atoms with E-state index in [0.29, 0.717) is 6.54 Å². The van der Waals surface area contributed by atoms with Gasteiger partial charge in [-0.05, 0) is 30.2 Å². The van der Waals surface area contributed by atoms with Gasteiger partial charge in [-0.3, -0.25) is 4.79 Å². The Kier molecular flexibility index (Phi) is 10.9. The zero-order chi connectivity index (χ0) is 16.4. The number of nitrogens with one attached hydrogen (secondary N) is 1. The van der Waals surface area contributed by atoms with Crippen LogP contribution >= 0.6 is 12.4 Å². The number of carbonyl (C=O) groups excluding carboxylic acids is 1. The van der Waals surface area contributed by atoms with E-state index in [0.717, 1.165) is 32.5 Å². The van der Waals surface area contributed by atoms with Crippen LogP contribution in [0.25, 0.3) is 0 Å². The molecule has 0 aromatic heterocycles. The van der Waals surface area contributed by atoms with Crippen LogP contribution in [0.1, 0.15) is 39.2 Å². The molecule has 0 fully saturated rings. The third-order valence-electron chi connectivity index (χ3n) is 3.61. The third kappa shape index (κ3) is 9.59. The van der Waals surface area contributed by atoms with Crippen molar-refractivity contribution in [1.82, 2.24) is 5.32 Å². The molecule has 132 valence electrons. The quantitative estimate of drug-likeness (QED) is 0.678. The maximum atomic E-state index is 11.8. The second-order valence-corrected chi connectivity index (χ2v) is 6.69. The van der Waals surface area contributed by atoms with E-state index in [1.54, 1.807) is 0 Å². The van der Waals surface area contributed by atoms with Gasteiger partial charge in [0.25, 0.3) is 0 Å². The van der Waals surface area contributed by atoms with Gasteiger partial charge in [-0.1, -0.05) is 51.1 Å². The van der Waals surface area contributed by atoms with Crippen molar-refractivity contribution in [3.8, 4) is 0 Å². The highest BCUT2D eigenvalue weighted by molar-refractivity contribution is 5.85. The lowest BCUT2D eigenvalue weighted by molar-refractivity contribution is -0.124. The molecular formula is C18H31ClN2O2. The topological polar surface area (TPSA) is 64.4 Å². The molecule has 23 heavy (non-hydrogen) atoms. The lowest BCUT2D eigenvalue weighted by Gasteiger charge is -2.25.